The van der Waals surface area contributed by atoms with Gasteiger partial charge in [0.25, 0.3) is 0 Å². The van der Waals surface area contributed by atoms with Crippen LogP contribution in [-0.2, 0) is 0 Å². The van der Waals surface area contributed by atoms with Crippen LogP contribution in [0.4, 0.5) is 11.4 Å². The summed E-state index contributed by atoms with van der Waals surface area (Å²) in [6, 6.07) is 6.06. The third-order valence-corrected chi connectivity index (χ3v) is 3.32. The fraction of sp³-hybridized carbons (Fsp3) is 0.538. The Kier molecular flexibility index (Phi) is 3.14. The molecule has 0 aliphatic heterocycles. The molecule has 2 nitrogen and oxygen atoms in total. The summed E-state index contributed by atoms with van der Waals surface area (Å²) >= 11 is 0. The van der Waals surface area contributed by atoms with Crippen LogP contribution in [0.5, 0.6) is 0 Å². The van der Waals surface area contributed by atoms with Crippen molar-refractivity contribution in [2.45, 2.75) is 32.6 Å². The molecule has 0 heterocycles. The Balaban J connectivity index is 1.94. The van der Waals surface area contributed by atoms with Crippen LogP contribution in [0.2, 0.25) is 0 Å². The van der Waals surface area contributed by atoms with Crippen molar-refractivity contribution in [3.8, 4) is 0 Å². The fourth-order valence-corrected chi connectivity index (χ4v) is 2.30. The van der Waals surface area contributed by atoms with Crippen LogP contribution in [-0.4, -0.2) is 6.54 Å². The van der Waals surface area contributed by atoms with Gasteiger partial charge in [0.15, 0.2) is 0 Å². The van der Waals surface area contributed by atoms with E-state index in [1.165, 1.54) is 36.9 Å². The summed E-state index contributed by atoms with van der Waals surface area (Å²) in [5.74, 6) is 0.867. The van der Waals surface area contributed by atoms with E-state index in [4.69, 9.17) is 5.73 Å². The highest BCUT2D eigenvalue weighted by Gasteiger charge is 2.14. The molecular weight excluding hydrogens is 184 g/mol. The molecule has 1 saturated carbocycles. The molecule has 1 aromatic carbocycles. The number of aryl methyl sites for hydroxylation is 1. The van der Waals surface area contributed by atoms with Crippen LogP contribution >= 0.6 is 0 Å². The van der Waals surface area contributed by atoms with Crippen molar-refractivity contribution in [2.75, 3.05) is 17.6 Å². The fourth-order valence-electron chi connectivity index (χ4n) is 2.30. The lowest BCUT2D eigenvalue weighted by Crippen LogP contribution is -2.11. The van der Waals surface area contributed by atoms with Crippen LogP contribution in [0, 0.1) is 12.8 Å². The van der Waals surface area contributed by atoms with Crippen LogP contribution in [0.15, 0.2) is 18.2 Å². The predicted octanol–water partition coefficient (Wildman–Crippen LogP) is 3.18. The van der Waals surface area contributed by atoms with Crippen molar-refractivity contribution in [1.82, 2.24) is 0 Å². The molecule has 82 valence electrons. The molecule has 0 spiro atoms. The van der Waals surface area contributed by atoms with Crippen LogP contribution in [0.25, 0.3) is 0 Å². The Morgan fingerprint density at radius 2 is 2.07 bits per heavy atom. The lowest BCUT2D eigenvalue weighted by molar-refractivity contribution is 0.580. The zero-order chi connectivity index (χ0) is 10.7. The highest BCUT2D eigenvalue weighted by molar-refractivity contribution is 5.59. The number of rotatable bonds is 3. The molecular formula is C13H20N2. The van der Waals surface area contributed by atoms with Gasteiger partial charge in [-0.25, -0.2) is 0 Å². The van der Waals surface area contributed by atoms with E-state index in [9.17, 15) is 0 Å². The standard InChI is InChI=1S/C13H20N2/c1-10-6-7-12(14)8-13(10)15-9-11-4-2-3-5-11/h6-8,11,15H,2-5,9,14H2,1H3. The Morgan fingerprint density at radius 1 is 1.33 bits per heavy atom. The van der Waals surface area contributed by atoms with Gasteiger partial charge in [0.2, 0.25) is 0 Å². The molecule has 0 amide bonds. The zero-order valence-corrected chi connectivity index (χ0v) is 9.42. The molecule has 1 aliphatic carbocycles. The average molecular weight is 204 g/mol. The maximum atomic E-state index is 5.77. The van der Waals surface area contributed by atoms with Crippen molar-refractivity contribution in [3.05, 3.63) is 23.8 Å². The van der Waals surface area contributed by atoms with Gasteiger partial charge >= 0.3 is 0 Å². The zero-order valence-electron chi connectivity index (χ0n) is 9.42. The van der Waals surface area contributed by atoms with E-state index in [-0.39, 0.29) is 0 Å². The minimum Gasteiger partial charge on any atom is -0.399 e. The van der Waals surface area contributed by atoms with Gasteiger partial charge in [0, 0.05) is 17.9 Å². The molecule has 0 saturated heterocycles. The van der Waals surface area contributed by atoms with Crippen LogP contribution < -0.4 is 11.1 Å². The monoisotopic (exact) mass is 204 g/mol. The summed E-state index contributed by atoms with van der Waals surface area (Å²) in [6.45, 7) is 3.22. The van der Waals surface area contributed by atoms with E-state index in [1.807, 2.05) is 12.1 Å². The highest BCUT2D eigenvalue weighted by atomic mass is 14.9. The quantitative estimate of drug-likeness (QED) is 0.742. The van der Waals surface area contributed by atoms with Gasteiger partial charge in [0.1, 0.15) is 0 Å². The van der Waals surface area contributed by atoms with Gasteiger partial charge in [-0.3, -0.25) is 0 Å². The van der Waals surface area contributed by atoms with Gasteiger partial charge in [-0.1, -0.05) is 18.9 Å². The van der Waals surface area contributed by atoms with E-state index < -0.39 is 0 Å². The second-order valence-corrected chi connectivity index (χ2v) is 4.61. The van der Waals surface area contributed by atoms with Crippen LogP contribution in [0.1, 0.15) is 31.2 Å². The first-order valence-electron chi connectivity index (χ1n) is 5.86. The molecule has 2 heteroatoms. The predicted molar refractivity (Wildman–Crippen MR) is 66.0 cm³/mol. The minimum atomic E-state index is 0.842. The molecule has 0 unspecified atom stereocenters. The number of nitrogen functional groups attached to an aromatic ring is 1. The molecule has 1 aliphatic rings. The molecule has 1 fully saturated rings. The summed E-state index contributed by atoms with van der Waals surface area (Å²) in [5.41, 5.74) is 9.09. The number of benzene rings is 1. The van der Waals surface area contributed by atoms with Crippen LogP contribution in [0.3, 0.4) is 0 Å². The van der Waals surface area contributed by atoms with E-state index in [0.29, 0.717) is 0 Å². The largest absolute Gasteiger partial charge is 0.399 e. The molecule has 0 aromatic heterocycles. The summed E-state index contributed by atoms with van der Waals surface area (Å²) in [4.78, 5) is 0. The Morgan fingerprint density at radius 3 is 2.80 bits per heavy atom. The lowest BCUT2D eigenvalue weighted by atomic mass is 10.1. The van der Waals surface area contributed by atoms with E-state index in [2.05, 4.69) is 18.3 Å². The summed E-state index contributed by atoms with van der Waals surface area (Å²) < 4.78 is 0. The summed E-state index contributed by atoms with van der Waals surface area (Å²) in [7, 11) is 0. The molecule has 0 bridgehead atoms. The van der Waals surface area contributed by atoms with E-state index >= 15 is 0 Å². The number of nitrogens with one attached hydrogen (secondary N) is 1. The summed E-state index contributed by atoms with van der Waals surface area (Å²) in [5, 5.41) is 3.52. The first-order valence-corrected chi connectivity index (χ1v) is 5.86. The van der Waals surface area contributed by atoms with Crippen molar-refractivity contribution in [1.29, 1.82) is 0 Å². The summed E-state index contributed by atoms with van der Waals surface area (Å²) in [6.07, 6.45) is 5.58. The lowest BCUT2D eigenvalue weighted by Gasteiger charge is -2.14. The molecule has 1 aromatic rings. The minimum absolute atomic E-state index is 0.842. The third-order valence-electron chi connectivity index (χ3n) is 3.32. The van der Waals surface area contributed by atoms with Gasteiger partial charge in [-0.15, -0.1) is 0 Å². The number of hydrogen-bond donors (Lipinski definition) is 2. The smallest absolute Gasteiger partial charge is 0.0390 e. The van der Waals surface area contributed by atoms with Crippen molar-refractivity contribution in [2.24, 2.45) is 5.92 Å². The van der Waals surface area contributed by atoms with Gasteiger partial charge in [0.05, 0.1) is 0 Å². The Bertz CT molecular complexity index is 327. The van der Waals surface area contributed by atoms with Gasteiger partial charge in [-0.05, 0) is 43.4 Å². The molecule has 2 rings (SSSR count). The van der Waals surface area contributed by atoms with Crippen molar-refractivity contribution in [3.63, 3.8) is 0 Å². The Hall–Kier alpha value is -1.18. The maximum Gasteiger partial charge on any atom is 0.0390 e. The molecule has 3 N–H and O–H groups in total. The molecule has 0 radical (unpaired) electrons. The topological polar surface area (TPSA) is 38.0 Å². The molecule has 0 atom stereocenters. The number of nitrogens with two attached hydrogens (primary N) is 1. The van der Waals surface area contributed by atoms with E-state index in [0.717, 1.165) is 18.2 Å². The first-order chi connectivity index (χ1) is 7.25. The highest BCUT2D eigenvalue weighted by Crippen LogP contribution is 2.26. The second-order valence-electron chi connectivity index (χ2n) is 4.61. The first kappa shape index (κ1) is 10.3. The van der Waals surface area contributed by atoms with Gasteiger partial charge < -0.3 is 11.1 Å². The molecule has 15 heavy (non-hydrogen) atoms. The van der Waals surface area contributed by atoms with Crippen molar-refractivity contribution < 1.29 is 0 Å². The van der Waals surface area contributed by atoms with Crippen molar-refractivity contribution >= 4 is 11.4 Å². The average Bonchev–Trinajstić information content (AvgIpc) is 2.72. The number of hydrogen-bond acceptors (Lipinski definition) is 2. The van der Waals surface area contributed by atoms with E-state index in [1.54, 1.807) is 0 Å². The van der Waals surface area contributed by atoms with Gasteiger partial charge in [-0.2, -0.15) is 0 Å². The number of anilines is 2. The Labute approximate surface area is 91.9 Å². The maximum absolute atomic E-state index is 5.77. The third kappa shape index (κ3) is 2.65. The second kappa shape index (κ2) is 4.56. The SMILES string of the molecule is Cc1ccc(N)cc1NCC1CCCC1. The normalized spacial score (nSPS) is 16.9.